The summed E-state index contributed by atoms with van der Waals surface area (Å²) in [6.45, 7) is 5.96. The van der Waals surface area contributed by atoms with E-state index in [9.17, 15) is 0 Å². The zero-order valence-corrected chi connectivity index (χ0v) is 12.4. The van der Waals surface area contributed by atoms with Gasteiger partial charge < -0.3 is 5.73 Å². The van der Waals surface area contributed by atoms with Crippen LogP contribution in [0.5, 0.6) is 0 Å². The summed E-state index contributed by atoms with van der Waals surface area (Å²) >= 11 is 15.3. The molecular weight excluding hydrogens is 311 g/mol. The Morgan fingerprint density at radius 3 is 2.31 bits per heavy atom. The van der Waals surface area contributed by atoms with Crippen molar-refractivity contribution in [2.45, 2.75) is 20.8 Å². The molecule has 0 aliphatic heterocycles. The summed E-state index contributed by atoms with van der Waals surface area (Å²) in [6.07, 6.45) is 0. The van der Waals surface area contributed by atoms with Gasteiger partial charge in [-0.3, -0.25) is 0 Å². The maximum Gasteiger partial charge on any atom is 0.105 e. The van der Waals surface area contributed by atoms with Crippen LogP contribution in [0.3, 0.4) is 0 Å². The molecule has 0 aliphatic carbocycles. The van der Waals surface area contributed by atoms with Gasteiger partial charge in [0.05, 0.1) is 15.7 Å². The first-order chi connectivity index (χ1) is 7.23. The molecule has 0 spiro atoms. The van der Waals surface area contributed by atoms with Crippen LogP contribution in [0.15, 0.2) is 21.6 Å². The highest BCUT2D eigenvalue weighted by Gasteiger charge is 2.16. The van der Waals surface area contributed by atoms with Crippen molar-refractivity contribution in [2.75, 3.05) is 0 Å². The van der Waals surface area contributed by atoms with Crippen molar-refractivity contribution in [2.24, 2.45) is 16.1 Å². The largest absolute Gasteiger partial charge is 0.387 e. The molecule has 1 rings (SSSR count). The normalized spacial score (nSPS) is 13.0. The Morgan fingerprint density at radius 1 is 1.25 bits per heavy atom. The zero-order valence-electron chi connectivity index (χ0n) is 9.31. The lowest BCUT2D eigenvalue weighted by Crippen LogP contribution is -2.28. The predicted molar refractivity (Wildman–Crippen MR) is 74.9 cm³/mol. The number of aliphatic imine (C=N–C) groups is 1. The predicted octanol–water partition coefficient (Wildman–Crippen LogP) is 4.79. The highest BCUT2D eigenvalue weighted by molar-refractivity contribution is 9.10. The van der Waals surface area contributed by atoms with Crippen LogP contribution in [0.4, 0.5) is 5.69 Å². The minimum absolute atomic E-state index is 0.192. The van der Waals surface area contributed by atoms with E-state index in [1.807, 2.05) is 20.8 Å². The van der Waals surface area contributed by atoms with Crippen LogP contribution in [0, 0.1) is 5.41 Å². The molecule has 0 saturated heterocycles. The minimum atomic E-state index is -0.192. The van der Waals surface area contributed by atoms with Crippen LogP contribution in [-0.4, -0.2) is 5.84 Å². The standard InChI is InChI=1S/C11H13BrCl2N2/c1-11(2,3)10(15)16-7-5-4-6(12)8(13)9(7)14/h4-5H,1-3H3,(H2,15,16). The fourth-order valence-electron chi connectivity index (χ4n) is 0.900. The lowest BCUT2D eigenvalue weighted by atomic mass is 9.95. The van der Waals surface area contributed by atoms with E-state index in [1.54, 1.807) is 12.1 Å². The number of nitrogens with zero attached hydrogens (tertiary/aromatic N) is 1. The van der Waals surface area contributed by atoms with E-state index in [4.69, 9.17) is 28.9 Å². The minimum Gasteiger partial charge on any atom is -0.387 e. The van der Waals surface area contributed by atoms with E-state index in [2.05, 4.69) is 20.9 Å². The van der Waals surface area contributed by atoms with Crippen molar-refractivity contribution in [3.8, 4) is 0 Å². The summed E-state index contributed by atoms with van der Waals surface area (Å²) in [7, 11) is 0. The molecule has 0 amide bonds. The molecule has 0 atom stereocenters. The first-order valence-corrected chi connectivity index (χ1v) is 6.26. The molecule has 2 nitrogen and oxygen atoms in total. The van der Waals surface area contributed by atoms with Crippen LogP contribution in [0.2, 0.25) is 10.0 Å². The second-order valence-electron chi connectivity index (χ2n) is 4.44. The van der Waals surface area contributed by atoms with Crippen LogP contribution in [0.1, 0.15) is 20.8 Å². The van der Waals surface area contributed by atoms with Gasteiger partial charge >= 0.3 is 0 Å². The first-order valence-electron chi connectivity index (χ1n) is 4.71. The third-order valence-corrected chi connectivity index (χ3v) is 3.79. The van der Waals surface area contributed by atoms with Gasteiger partial charge in [0.2, 0.25) is 0 Å². The van der Waals surface area contributed by atoms with Crippen molar-refractivity contribution < 1.29 is 0 Å². The number of benzene rings is 1. The van der Waals surface area contributed by atoms with Gasteiger partial charge in [-0.05, 0) is 28.1 Å². The fourth-order valence-corrected chi connectivity index (χ4v) is 1.71. The summed E-state index contributed by atoms with van der Waals surface area (Å²) < 4.78 is 0.743. The second-order valence-corrected chi connectivity index (χ2v) is 6.05. The first kappa shape index (κ1) is 13.8. The van der Waals surface area contributed by atoms with Crippen molar-refractivity contribution >= 4 is 50.7 Å². The average Bonchev–Trinajstić information content (AvgIpc) is 2.17. The Kier molecular flexibility index (Phi) is 4.27. The molecule has 0 heterocycles. The molecule has 0 bridgehead atoms. The lowest BCUT2D eigenvalue weighted by Gasteiger charge is -2.17. The summed E-state index contributed by atoms with van der Waals surface area (Å²) in [5.74, 6) is 0.521. The van der Waals surface area contributed by atoms with Gasteiger partial charge in [-0.1, -0.05) is 44.0 Å². The van der Waals surface area contributed by atoms with Crippen molar-refractivity contribution in [1.82, 2.24) is 0 Å². The van der Waals surface area contributed by atoms with Gasteiger partial charge in [-0.25, -0.2) is 4.99 Å². The maximum absolute atomic E-state index is 6.07. The molecule has 0 aliphatic rings. The summed E-state index contributed by atoms with van der Waals surface area (Å²) in [4.78, 5) is 4.29. The maximum atomic E-state index is 6.07. The third kappa shape index (κ3) is 3.12. The van der Waals surface area contributed by atoms with E-state index in [0.29, 0.717) is 21.6 Å². The molecule has 0 radical (unpaired) electrons. The Morgan fingerprint density at radius 2 is 1.81 bits per heavy atom. The van der Waals surface area contributed by atoms with Gasteiger partial charge in [-0.15, -0.1) is 0 Å². The molecule has 16 heavy (non-hydrogen) atoms. The summed E-state index contributed by atoms with van der Waals surface area (Å²) in [5, 5.41) is 0.855. The monoisotopic (exact) mass is 322 g/mol. The van der Waals surface area contributed by atoms with Crippen LogP contribution >= 0.6 is 39.1 Å². The smallest absolute Gasteiger partial charge is 0.105 e. The molecule has 1 aromatic carbocycles. The van der Waals surface area contributed by atoms with Crippen molar-refractivity contribution in [3.63, 3.8) is 0 Å². The van der Waals surface area contributed by atoms with Crippen LogP contribution < -0.4 is 5.73 Å². The Labute approximate surface area is 114 Å². The third-order valence-electron chi connectivity index (χ3n) is 2.02. The second kappa shape index (κ2) is 4.94. The molecule has 0 unspecified atom stereocenters. The quantitative estimate of drug-likeness (QED) is 0.450. The van der Waals surface area contributed by atoms with Gasteiger partial charge in [0.1, 0.15) is 5.84 Å². The number of nitrogens with two attached hydrogens (primary N) is 1. The Bertz CT molecular complexity index is 436. The molecular formula is C11H13BrCl2N2. The molecule has 88 valence electrons. The van der Waals surface area contributed by atoms with E-state index < -0.39 is 0 Å². The highest BCUT2D eigenvalue weighted by atomic mass is 79.9. The zero-order chi connectivity index (χ0) is 12.5. The number of hydrogen-bond donors (Lipinski definition) is 1. The molecule has 1 aromatic rings. The van der Waals surface area contributed by atoms with Gasteiger partial charge in [0.25, 0.3) is 0 Å². The Hall–Kier alpha value is -0.250. The van der Waals surface area contributed by atoms with Gasteiger partial charge in [-0.2, -0.15) is 0 Å². The number of hydrogen-bond acceptors (Lipinski definition) is 1. The van der Waals surface area contributed by atoms with Crippen LogP contribution in [-0.2, 0) is 0 Å². The number of rotatable bonds is 1. The van der Waals surface area contributed by atoms with Crippen molar-refractivity contribution in [3.05, 3.63) is 26.7 Å². The SMILES string of the molecule is CC(C)(C)C(N)=Nc1ccc(Br)c(Cl)c1Cl. The van der Waals surface area contributed by atoms with Crippen LogP contribution in [0.25, 0.3) is 0 Å². The fraction of sp³-hybridized carbons (Fsp3) is 0.364. The number of amidine groups is 1. The molecule has 5 heteroatoms. The molecule has 2 N–H and O–H groups in total. The van der Waals surface area contributed by atoms with Gasteiger partial charge in [0, 0.05) is 9.89 Å². The summed E-state index contributed by atoms with van der Waals surface area (Å²) in [5.41, 5.74) is 6.27. The lowest BCUT2D eigenvalue weighted by molar-refractivity contribution is 0.585. The summed E-state index contributed by atoms with van der Waals surface area (Å²) in [6, 6.07) is 3.57. The Balaban J connectivity index is 3.22. The van der Waals surface area contributed by atoms with E-state index in [1.165, 1.54) is 0 Å². The van der Waals surface area contributed by atoms with Crippen molar-refractivity contribution in [1.29, 1.82) is 0 Å². The average molecular weight is 324 g/mol. The molecule has 0 aromatic heterocycles. The molecule has 0 fully saturated rings. The van der Waals surface area contributed by atoms with E-state index in [0.717, 1.165) is 4.47 Å². The highest BCUT2D eigenvalue weighted by Crippen LogP contribution is 2.37. The molecule has 0 saturated carbocycles. The van der Waals surface area contributed by atoms with Gasteiger partial charge in [0.15, 0.2) is 0 Å². The van der Waals surface area contributed by atoms with E-state index >= 15 is 0 Å². The van der Waals surface area contributed by atoms with E-state index in [-0.39, 0.29) is 5.41 Å². The topological polar surface area (TPSA) is 38.4 Å². The number of halogens is 3.